The quantitative estimate of drug-likeness (QED) is 0.439. The van der Waals surface area contributed by atoms with Crippen molar-refractivity contribution >= 4 is 38.4 Å². The molecule has 0 atom stereocenters. The number of pyridine rings is 1. The summed E-state index contributed by atoms with van der Waals surface area (Å²) in [5, 5.41) is 7.75. The van der Waals surface area contributed by atoms with Crippen molar-refractivity contribution in [1.82, 2.24) is 14.8 Å². The molecule has 2 aromatic carbocycles. The summed E-state index contributed by atoms with van der Waals surface area (Å²) in [6.45, 7) is 4.73. The van der Waals surface area contributed by atoms with Crippen LogP contribution >= 0.6 is 15.9 Å². The molecule has 0 unspecified atom stereocenters. The van der Waals surface area contributed by atoms with Crippen LogP contribution in [0, 0.1) is 12.7 Å². The molecular weight excluding hydrogens is 435 g/mol. The first-order valence-electron chi connectivity index (χ1n) is 9.17. The minimum Gasteiger partial charge on any atom is -0.319 e. The van der Waals surface area contributed by atoms with E-state index in [0.717, 1.165) is 17.8 Å². The smallest absolute Gasteiger partial charge is 0.256 e. The van der Waals surface area contributed by atoms with Crippen LogP contribution in [0.25, 0.3) is 22.2 Å². The number of anilines is 1. The number of fused-ring (bicyclic) bond motifs is 1. The monoisotopic (exact) mass is 452 g/mol. The average molecular weight is 453 g/mol. The molecule has 5 nitrogen and oxygen atoms in total. The molecule has 0 saturated heterocycles. The number of rotatable bonds is 4. The first-order valence-corrected chi connectivity index (χ1v) is 9.96. The van der Waals surface area contributed by atoms with E-state index < -0.39 is 11.7 Å². The Morgan fingerprint density at radius 3 is 2.72 bits per heavy atom. The maximum absolute atomic E-state index is 14.2. The molecule has 0 spiro atoms. The maximum atomic E-state index is 14.2. The number of amides is 1. The van der Waals surface area contributed by atoms with Gasteiger partial charge in [-0.2, -0.15) is 5.10 Å². The van der Waals surface area contributed by atoms with Gasteiger partial charge in [-0.3, -0.25) is 9.48 Å². The first kappa shape index (κ1) is 19.3. The Morgan fingerprint density at radius 1 is 1.21 bits per heavy atom. The van der Waals surface area contributed by atoms with E-state index in [9.17, 15) is 9.18 Å². The molecule has 0 radical (unpaired) electrons. The van der Waals surface area contributed by atoms with E-state index in [1.54, 1.807) is 18.3 Å². The van der Waals surface area contributed by atoms with E-state index in [2.05, 4.69) is 26.3 Å². The highest BCUT2D eigenvalue weighted by atomic mass is 79.9. The molecule has 0 aliphatic rings. The lowest BCUT2D eigenvalue weighted by atomic mass is 10.0. The van der Waals surface area contributed by atoms with E-state index >= 15 is 0 Å². The van der Waals surface area contributed by atoms with Gasteiger partial charge in [0.25, 0.3) is 5.91 Å². The second-order valence-corrected chi connectivity index (χ2v) is 7.53. The van der Waals surface area contributed by atoms with Crippen LogP contribution in [0.2, 0.25) is 0 Å². The third-order valence-electron chi connectivity index (χ3n) is 4.82. The summed E-state index contributed by atoms with van der Waals surface area (Å²) in [5.41, 5.74) is 3.73. The van der Waals surface area contributed by atoms with Gasteiger partial charge in [-0.15, -0.1) is 0 Å². The molecule has 29 heavy (non-hydrogen) atoms. The minimum atomic E-state index is -0.508. The Balaban J connectivity index is 1.82. The second-order valence-electron chi connectivity index (χ2n) is 6.61. The fourth-order valence-electron chi connectivity index (χ4n) is 3.30. The van der Waals surface area contributed by atoms with Gasteiger partial charge in [0, 0.05) is 27.7 Å². The van der Waals surface area contributed by atoms with E-state index in [4.69, 9.17) is 4.98 Å². The maximum Gasteiger partial charge on any atom is 0.256 e. The fourth-order valence-corrected chi connectivity index (χ4v) is 3.63. The van der Waals surface area contributed by atoms with E-state index in [0.29, 0.717) is 26.6 Å². The zero-order valence-corrected chi connectivity index (χ0v) is 17.5. The molecule has 0 aliphatic carbocycles. The molecule has 4 rings (SSSR count). The van der Waals surface area contributed by atoms with Gasteiger partial charge in [-0.25, -0.2) is 9.37 Å². The highest BCUT2D eigenvalue weighted by Gasteiger charge is 2.17. The molecule has 2 heterocycles. The lowest BCUT2D eigenvalue weighted by Gasteiger charge is -2.11. The van der Waals surface area contributed by atoms with Gasteiger partial charge < -0.3 is 5.32 Å². The number of aromatic nitrogens is 3. The summed E-state index contributed by atoms with van der Waals surface area (Å²) in [6.07, 6.45) is 1.76. The fraction of sp³-hybridized carbons (Fsp3) is 0.136. The van der Waals surface area contributed by atoms with Gasteiger partial charge in [0.2, 0.25) is 0 Å². The van der Waals surface area contributed by atoms with Crippen LogP contribution in [0.5, 0.6) is 0 Å². The summed E-state index contributed by atoms with van der Waals surface area (Å²) in [7, 11) is 0. The van der Waals surface area contributed by atoms with Crippen molar-refractivity contribution in [3.63, 3.8) is 0 Å². The van der Waals surface area contributed by atoms with Crippen molar-refractivity contribution < 1.29 is 9.18 Å². The zero-order chi connectivity index (χ0) is 20.5. The molecule has 0 bridgehead atoms. The molecule has 146 valence electrons. The number of hydrogen-bond donors (Lipinski definition) is 1. The number of hydrogen-bond acceptors (Lipinski definition) is 3. The summed E-state index contributed by atoms with van der Waals surface area (Å²) in [6, 6.07) is 13.7. The number of halogens is 2. The molecule has 1 amide bonds. The van der Waals surface area contributed by atoms with Gasteiger partial charge in [-0.1, -0.05) is 34.1 Å². The predicted molar refractivity (Wildman–Crippen MR) is 115 cm³/mol. The van der Waals surface area contributed by atoms with Crippen molar-refractivity contribution in [2.24, 2.45) is 0 Å². The third kappa shape index (κ3) is 3.65. The standard InChI is InChI=1S/C22H18BrFN4O/c1-3-28-13(2)17(12-25-28)21-11-16(15-6-4-5-7-19(15)26-21)22(29)27-20-9-8-14(23)10-18(20)24/h4-12H,3H2,1-2H3,(H,27,29). The number of benzene rings is 2. The van der Waals surface area contributed by atoms with Crippen LogP contribution in [-0.2, 0) is 6.54 Å². The molecule has 7 heteroatoms. The predicted octanol–water partition coefficient (Wildman–Crippen LogP) is 5.58. The van der Waals surface area contributed by atoms with Gasteiger partial charge in [0.15, 0.2) is 0 Å². The van der Waals surface area contributed by atoms with Gasteiger partial charge in [0.05, 0.1) is 28.7 Å². The van der Waals surface area contributed by atoms with Crippen LogP contribution in [0.15, 0.2) is 59.2 Å². The lowest BCUT2D eigenvalue weighted by Crippen LogP contribution is -2.14. The van der Waals surface area contributed by atoms with Crippen LogP contribution < -0.4 is 5.32 Å². The molecular formula is C22H18BrFN4O. The van der Waals surface area contributed by atoms with Crippen molar-refractivity contribution in [1.29, 1.82) is 0 Å². The van der Waals surface area contributed by atoms with Gasteiger partial charge in [-0.05, 0) is 44.2 Å². The Kier molecular flexibility index (Phi) is 5.15. The first-order chi connectivity index (χ1) is 14.0. The third-order valence-corrected chi connectivity index (χ3v) is 5.31. The second kappa shape index (κ2) is 7.75. The Bertz CT molecular complexity index is 1230. The van der Waals surface area contributed by atoms with Crippen molar-refractivity contribution in [2.75, 3.05) is 5.32 Å². The number of nitrogens with zero attached hydrogens (tertiary/aromatic N) is 3. The van der Waals surface area contributed by atoms with Crippen LogP contribution in [0.3, 0.4) is 0 Å². The highest BCUT2D eigenvalue weighted by molar-refractivity contribution is 9.10. The minimum absolute atomic E-state index is 0.121. The topological polar surface area (TPSA) is 59.8 Å². The summed E-state index contributed by atoms with van der Waals surface area (Å²) in [4.78, 5) is 17.8. The summed E-state index contributed by atoms with van der Waals surface area (Å²) >= 11 is 3.22. The number of aryl methyl sites for hydroxylation is 1. The Labute approximate surface area is 175 Å². The summed E-state index contributed by atoms with van der Waals surface area (Å²) in [5.74, 6) is -0.905. The van der Waals surface area contributed by atoms with Crippen LogP contribution in [-0.4, -0.2) is 20.7 Å². The normalized spacial score (nSPS) is 11.0. The largest absolute Gasteiger partial charge is 0.319 e. The molecule has 2 aromatic heterocycles. The number of carbonyl (C=O) groups is 1. The molecule has 1 N–H and O–H groups in total. The van der Waals surface area contributed by atoms with Gasteiger partial charge in [0.1, 0.15) is 5.82 Å². The number of carbonyl (C=O) groups excluding carboxylic acids is 1. The zero-order valence-electron chi connectivity index (χ0n) is 15.9. The Morgan fingerprint density at radius 2 is 2.00 bits per heavy atom. The molecule has 0 fully saturated rings. The SMILES string of the molecule is CCn1ncc(-c2cc(C(=O)Nc3ccc(Br)cc3F)c3ccccc3n2)c1C. The highest BCUT2D eigenvalue weighted by Crippen LogP contribution is 2.28. The van der Waals surface area contributed by atoms with Crippen LogP contribution in [0.1, 0.15) is 23.0 Å². The van der Waals surface area contributed by atoms with E-state index in [1.807, 2.05) is 42.8 Å². The van der Waals surface area contributed by atoms with Crippen molar-refractivity contribution in [3.8, 4) is 11.3 Å². The summed E-state index contributed by atoms with van der Waals surface area (Å²) < 4.78 is 16.7. The Hall–Kier alpha value is -3.06. The van der Waals surface area contributed by atoms with Gasteiger partial charge >= 0.3 is 0 Å². The van der Waals surface area contributed by atoms with Crippen LogP contribution in [0.4, 0.5) is 10.1 Å². The molecule has 0 aliphatic heterocycles. The van der Waals surface area contributed by atoms with E-state index in [-0.39, 0.29) is 5.69 Å². The van der Waals surface area contributed by atoms with Crippen molar-refractivity contribution in [3.05, 3.63) is 76.3 Å². The van der Waals surface area contributed by atoms with Crippen molar-refractivity contribution in [2.45, 2.75) is 20.4 Å². The van der Waals surface area contributed by atoms with E-state index in [1.165, 1.54) is 12.1 Å². The number of nitrogens with one attached hydrogen (secondary N) is 1. The molecule has 0 saturated carbocycles. The lowest BCUT2D eigenvalue weighted by molar-refractivity contribution is 0.102. The molecule has 4 aromatic rings. The average Bonchev–Trinajstić information content (AvgIpc) is 3.09. The number of para-hydroxylation sites is 1.